The van der Waals surface area contributed by atoms with Crippen molar-refractivity contribution in [3.8, 4) is 17.2 Å². The van der Waals surface area contributed by atoms with E-state index >= 15 is 0 Å². The molecule has 4 rings (SSSR count). The fourth-order valence-electron chi connectivity index (χ4n) is 3.46. The van der Waals surface area contributed by atoms with Gasteiger partial charge in [0.2, 0.25) is 0 Å². The number of ether oxygens (including phenoxy) is 1. The third-order valence-electron chi connectivity index (χ3n) is 5.18. The number of likely N-dealkylation sites (tertiary alicyclic amines) is 1. The van der Waals surface area contributed by atoms with Crippen LogP contribution in [0.4, 0.5) is 0 Å². The van der Waals surface area contributed by atoms with Crippen LogP contribution in [-0.4, -0.2) is 50.9 Å². The number of nitrogens with zero attached hydrogens (tertiary/aromatic N) is 5. The molecule has 0 bridgehead atoms. The van der Waals surface area contributed by atoms with Crippen LogP contribution >= 0.6 is 0 Å². The summed E-state index contributed by atoms with van der Waals surface area (Å²) in [6.07, 6.45) is 1.61. The van der Waals surface area contributed by atoms with Crippen molar-refractivity contribution in [2.24, 2.45) is 13.0 Å². The van der Waals surface area contributed by atoms with E-state index in [9.17, 15) is 4.79 Å². The molecule has 0 aliphatic carbocycles. The second kappa shape index (κ2) is 7.46. The van der Waals surface area contributed by atoms with Crippen molar-refractivity contribution in [3.63, 3.8) is 0 Å². The van der Waals surface area contributed by atoms with Crippen LogP contribution in [0.15, 0.2) is 34.9 Å². The largest absolute Gasteiger partial charge is 0.497 e. The molecule has 146 valence electrons. The van der Waals surface area contributed by atoms with Crippen molar-refractivity contribution >= 4 is 5.91 Å². The molecule has 0 N–H and O–H groups in total. The van der Waals surface area contributed by atoms with Gasteiger partial charge in [-0.15, -0.1) is 0 Å². The van der Waals surface area contributed by atoms with Gasteiger partial charge in [-0.2, -0.15) is 10.1 Å². The third kappa shape index (κ3) is 3.62. The molecule has 1 fully saturated rings. The number of amides is 1. The van der Waals surface area contributed by atoms with Gasteiger partial charge >= 0.3 is 0 Å². The van der Waals surface area contributed by atoms with Crippen LogP contribution in [0.5, 0.6) is 5.75 Å². The summed E-state index contributed by atoms with van der Waals surface area (Å²) in [5, 5.41) is 8.39. The average Bonchev–Trinajstić information content (AvgIpc) is 3.43. The Morgan fingerprint density at radius 3 is 2.79 bits per heavy atom. The van der Waals surface area contributed by atoms with E-state index in [1.54, 1.807) is 11.8 Å². The molecule has 1 aromatic carbocycles. The summed E-state index contributed by atoms with van der Waals surface area (Å²) in [6, 6.07) is 9.33. The van der Waals surface area contributed by atoms with Gasteiger partial charge in [0.15, 0.2) is 11.5 Å². The van der Waals surface area contributed by atoms with Crippen molar-refractivity contribution in [1.29, 1.82) is 0 Å². The van der Waals surface area contributed by atoms with Crippen LogP contribution in [0.1, 0.15) is 28.4 Å². The SMILES string of the molecule is COc1ccc(-c2nc(CC3CCN(C(=O)c4cc(C)n(C)n4)C3)no2)cc1. The summed E-state index contributed by atoms with van der Waals surface area (Å²) >= 11 is 0. The van der Waals surface area contributed by atoms with Gasteiger partial charge in [0.25, 0.3) is 11.8 Å². The molecule has 0 spiro atoms. The van der Waals surface area contributed by atoms with Gasteiger partial charge in [-0.1, -0.05) is 5.16 Å². The molecule has 1 aliphatic rings. The van der Waals surface area contributed by atoms with Crippen LogP contribution in [0.3, 0.4) is 0 Å². The molecule has 1 atom stereocenters. The van der Waals surface area contributed by atoms with Crippen LogP contribution in [-0.2, 0) is 13.5 Å². The lowest BCUT2D eigenvalue weighted by Crippen LogP contribution is -2.29. The van der Waals surface area contributed by atoms with E-state index < -0.39 is 0 Å². The molecule has 0 radical (unpaired) electrons. The molecule has 8 heteroatoms. The lowest BCUT2D eigenvalue weighted by atomic mass is 10.1. The zero-order chi connectivity index (χ0) is 19.7. The van der Waals surface area contributed by atoms with Gasteiger partial charge in [0, 0.05) is 37.8 Å². The maximum absolute atomic E-state index is 12.6. The summed E-state index contributed by atoms with van der Waals surface area (Å²) < 4.78 is 12.3. The Labute approximate surface area is 163 Å². The first-order chi connectivity index (χ1) is 13.5. The molecule has 1 aliphatic heterocycles. The van der Waals surface area contributed by atoms with Crippen molar-refractivity contribution in [2.45, 2.75) is 19.8 Å². The van der Waals surface area contributed by atoms with Crippen molar-refractivity contribution in [3.05, 3.63) is 47.5 Å². The lowest BCUT2D eigenvalue weighted by molar-refractivity contribution is 0.0780. The van der Waals surface area contributed by atoms with Gasteiger partial charge in [-0.05, 0) is 49.6 Å². The number of benzene rings is 1. The summed E-state index contributed by atoms with van der Waals surface area (Å²) in [5.41, 5.74) is 2.33. The Morgan fingerprint density at radius 2 is 2.11 bits per heavy atom. The molecule has 2 aromatic heterocycles. The van der Waals surface area contributed by atoms with Gasteiger partial charge in [0.05, 0.1) is 7.11 Å². The van der Waals surface area contributed by atoms with Crippen LogP contribution in [0.2, 0.25) is 0 Å². The molecular formula is C20H23N5O3. The van der Waals surface area contributed by atoms with E-state index in [1.807, 2.05) is 49.2 Å². The summed E-state index contributed by atoms with van der Waals surface area (Å²) in [7, 11) is 3.47. The van der Waals surface area contributed by atoms with E-state index in [0.29, 0.717) is 36.3 Å². The fraction of sp³-hybridized carbons (Fsp3) is 0.400. The van der Waals surface area contributed by atoms with Crippen LogP contribution in [0.25, 0.3) is 11.5 Å². The quantitative estimate of drug-likeness (QED) is 0.675. The van der Waals surface area contributed by atoms with E-state index in [-0.39, 0.29) is 5.91 Å². The molecule has 0 saturated carbocycles. The topological polar surface area (TPSA) is 86.3 Å². The summed E-state index contributed by atoms with van der Waals surface area (Å²) in [4.78, 5) is 19.0. The number of aromatic nitrogens is 4. The summed E-state index contributed by atoms with van der Waals surface area (Å²) in [5.74, 6) is 2.24. The minimum atomic E-state index is -0.0155. The van der Waals surface area contributed by atoms with Crippen molar-refractivity contribution in [2.75, 3.05) is 20.2 Å². The van der Waals surface area contributed by atoms with E-state index in [4.69, 9.17) is 9.26 Å². The normalized spacial score (nSPS) is 16.5. The zero-order valence-electron chi connectivity index (χ0n) is 16.3. The first kappa shape index (κ1) is 18.2. The van der Waals surface area contributed by atoms with Crippen LogP contribution < -0.4 is 4.74 Å². The molecular weight excluding hydrogens is 358 g/mol. The van der Waals surface area contributed by atoms with Gasteiger partial charge in [-0.25, -0.2) is 0 Å². The smallest absolute Gasteiger partial charge is 0.274 e. The number of aryl methyl sites for hydroxylation is 2. The lowest BCUT2D eigenvalue weighted by Gasteiger charge is -2.14. The molecule has 3 aromatic rings. The predicted molar refractivity (Wildman–Crippen MR) is 102 cm³/mol. The maximum Gasteiger partial charge on any atom is 0.274 e. The van der Waals surface area contributed by atoms with Crippen LogP contribution in [0, 0.1) is 12.8 Å². The maximum atomic E-state index is 12.6. The van der Waals surface area contributed by atoms with Crippen molar-refractivity contribution < 1.29 is 14.1 Å². The zero-order valence-corrected chi connectivity index (χ0v) is 16.3. The number of methoxy groups -OCH3 is 1. The monoisotopic (exact) mass is 381 g/mol. The molecule has 1 amide bonds. The number of hydrogen-bond acceptors (Lipinski definition) is 6. The predicted octanol–water partition coefficient (Wildman–Crippen LogP) is 2.49. The molecule has 3 heterocycles. The van der Waals surface area contributed by atoms with E-state index in [1.165, 1.54) is 0 Å². The minimum Gasteiger partial charge on any atom is -0.497 e. The Bertz CT molecular complexity index is 957. The highest BCUT2D eigenvalue weighted by Gasteiger charge is 2.29. The highest BCUT2D eigenvalue weighted by atomic mass is 16.5. The first-order valence-electron chi connectivity index (χ1n) is 9.30. The summed E-state index contributed by atoms with van der Waals surface area (Å²) in [6.45, 7) is 3.34. The van der Waals surface area contributed by atoms with Gasteiger partial charge in [-0.3, -0.25) is 9.48 Å². The van der Waals surface area contributed by atoms with Gasteiger partial charge < -0.3 is 14.2 Å². The Hall–Kier alpha value is -3.16. The number of rotatable bonds is 5. The first-order valence-corrected chi connectivity index (χ1v) is 9.30. The number of hydrogen-bond donors (Lipinski definition) is 0. The Balaban J connectivity index is 1.38. The number of carbonyl (C=O) groups excluding carboxylic acids is 1. The minimum absolute atomic E-state index is 0.0155. The van der Waals surface area contributed by atoms with Crippen molar-refractivity contribution in [1.82, 2.24) is 24.8 Å². The Morgan fingerprint density at radius 1 is 1.32 bits per heavy atom. The molecule has 28 heavy (non-hydrogen) atoms. The second-order valence-corrected chi connectivity index (χ2v) is 7.15. The highest BCUT2D eigenvalue weighted by Crippen LogP contribution is 2.24. The number of carbonyl (C=O) groups is 1. The molecule has 1 unspecified atom stereocenters. The molecule has 1 saturated heterocycles. The van der Waals surface area contributed by atoms with E-state index in [2.05, 4.69) is 15.2 Å². The fourth-order valence-corrected chi connectivity index (χ4v) is 3.46. The molecule has 8 nitrogen and oxygen atoms in total. The van der Waals surface area contributed by atoms with E-state index in [0.717, 1.165) is 30.0 Å². The van der Waals surface area contributed by atoms with Gasteiger partial charge in [0.1, 0.15) is 5.75 Å². The third-order valence-corrected chi connectivity index (χ3v) is 5.18. The second-order valence-electron chi connectivity index (χ2n) is 7.15. The Kier molecular flexibility index (Phi) is 4.85. The highest BCUT2D eigenvalue weighted by molar-refractivity contribution is 5.92. The standard InChI is InChI=1S/C20H23N5O3/c1-13-10-17(22-24(13)2)20(26)25-9-8-14(12-25)11-18-21-19(28-23-18)15-4-6-16(27-3)7-5-15/h4-7,10,14H,8-9,11-12H2,1-3H3. The average molecular weight is 381 g/mol.